The number of hydrogen-bond acceptors (Lipinski definition) is 10. The first-order valence-corrected chi connectivity index (χ1v) is 10.3. The summed E-state index contributed by atoms with van der Waals surface area (Å²) in [6.07, 6.45) is 0. The Bertz CT molecular complexity index is 1020. The van der Waals surface area contributed by atoms with Gasteiger partial charge in [0.1, 0.15) is 0 Å². The normalized spacial score (nSPS) is 10.5. The number of esters is 1. The minimum atomic E-state index is -0.777. The van der Waals surface area contributed by atoms with E-state index in [1.165, 1.54) is 34.0 Å². The average molecular weight is 436 g/mol. The van der Waals surface area contributed by atoms with Gasteiger partial charge in [0.15, 0.2) is 4.34 Å². The van der Waals surface area contributed by atoms with E-state index >= 15 is 0 Å². The highest BCUT2D eigenvalue weighted by atomic mass is 32.2. The SMILES string of the molecule is COC(=O)c1cc(C(=O)Nc2nnc(SCc3cccs3)s2)cc([N+](=O)[O-])c1. The number of rotatable bonds is 7. The summed E-state index contributed by atoms with van der Waals surface area (Å²) in [6.45, 7) is 0. The van der Waals surface area contributed by atoms with E-state index in [0.29, 0.717) is 4.34 Å². The summed E-state index contributed by atoms with van der Waals surface area (Å²) in [7, 11) is 1.15. The molecule has 144 valence electrons. The number of nitro benzene ring substituents is 1. The molecule has 1 N–H and O–H groups in total. The van der Waals surface area contributed by atoms with Crippen molar-refractivity contribution in [3.8, 4) is 0 Å². The van der Waals surface area contributed by atoms with Crippen molar-refractivity contribution in [1.29, 1.82) is 0 Å². The molecule has 0 aliphatic rings. The van der Waals surface area contributed by atoms with E-state index in [1.54, 1.807) is 11.3 Å². The van der Waals surface area contributed by atoms with E-state index in [2.05, 4.69) is 20.3 Å². The molecule has 0 saturated heterocycles. The van der Waals surface area contributed by atoms with Crippen molar-refractivity contribution in [2.45, 2.75) is 10.1 Å². The number of carbonyl (C=O) groups excluding carboxylic acids is 2. The highest BCUT2D eigenvalue weighted by molar-refractivity contribution is 8.00. The summed E-state index contributed by atoms with van der Waals surface area (Å²) < 4.78 is 5.25. The molecule has 1 aromatic carbocycles. The minimum absolute atomic E-state index is 0.0578. The highest BCUT2D eigenvalue weighted by Gasteiger charge is 2.19. The number of nitrogens with one attached hydrogen (secondary N) is 1. The molecule has 0 unspecified atom stereocenters. The lowest BCUT2D eigenvalue weighted by atomic mass is 10.1. The first-order chi connectivity index (χ1) is 13.5. The number of hydrogen-bond donors (Lipinski definition) is 1. The molecule has 0 radical (unpaired) electrons. The van der Waals surface area contributed by atoms with Gasteiger partial charge in [-0.05, 0) is 17.5 Å². The van der Waals surface area contributed by atoms with Crippen LogP contribution < -0.4 is 5.32 Å². The second-order valence-electron chi connectivity index (χ2n) is 5.21. The lowest BCUT2D eigenvalue weighted by Gasteiger charge is -2.04. The fraction of sp³-hybridized carbons (Fsp3) is 0.125. The Hall–Kier alpha value is -2.83. The number of amides is 1. The van der Waals surface area contributed by atoms with Crippen molar-refractivity contribution >= 4 is 57.1 Å². The summed E-state index contributed by atoms with van der Waals surface area (Å²) >= 11 is 4.32. The molecule has 0 aliphatic carbocycles. The van der Waals surface area contributed by atoms with Crippen LogP contribution in [0.5, 0.6) is 0 Å². The van der Waals surface area contributed by atoms with E-state index in [1.807, 2.05) is 17.5 Å². The fourth-order valence-electron chi connectivity index (χ4n) is 2.10. The molecular weight excluding hydrogens is 424 g/mol. The predicted molar refractivity (Wildman–Crippen MR) is 106 cm³/mol. The number of aromatic nitrogens is 2. The summed E-state index contributed by atoms with van der Waals surface area (Å²) in [5.41, 5.74) is -0.540. The first kappa shape index (κ1) is 19.9. The van der Waals surface area contributed by atoms with E-state index < -0.39 is 22.5 Å². The Morgan fingerprint density at radius 3 is 2.75 bits per heavy atom. The number of ether oxygens (including phenoxy) is 1. The predicted octanol–water partition coefficient (Wildman–Crippen LogP) is 3.84. The van der Waals surface area contributed by atoms with Gasteiger partial charge < -0.3 is 4.74 Å². The Kier molecular flexibility index (Phi) is 6.34. The zero-order chi connectivity index (χ0) is 20.1. The minimum Gasteiger partial charge on any atom is -0.465 e. The molecule has 3 rings (SSSR count). The van der Waals surface area contributed by atoms with Crippen LogP contribution in [-0.4, -0.2) is 34.1 Å². The maximum Gasteiger partial charge on any atom is 0.338 e. The van der Waals surface area contributed by atoms with E-state index in [0.717, 1.165) is 25.0 Å². The largest absolute Gasteiger partial charge is 0.465 e. The quantitative estimate of drug-likeness (QED) is 0.195. The Morgan fingerprint density at radius 1 is 1.29 bits per heavy atom. The van der Waals surface area contributed by atoms with Crippen molar-refractivity contribution < 1.29 is 19.2 Å². The molecular formula is C16H12N4O5S3. The standard InChI is InChI=1S/C16H12N4O5S3/c1-25-14(22)10-5-9(6-11(7-10)20(23)24)13(21)17-15-18-19-16(28-15)27-8-12-3-2-4-26-12/h2-7H,8H2,1H3,(H,17,18,21). The molecule has 2 aromatic heterocycles. The van der Waals surface area contributed by atoms with Crippen molar-refractivity contribution in [3.05, 3.63) is 61.8 Å². The fourth-order valence-corrected chi connectivity index (χ4v) is 4.62. The molecule has 28 heavy (non-hydrogen) atoms. The van der Waals surface area contributed by atoms with Crippen molar-refractivity contribution in [2.24, 2.45) is 0 Å². The summed E-state index contributed by atoms with van der Waals surface area (Å²) in [4.78, 5) is 35.7. The van der Waals surface area contributed by atoms with Gasteiger partial charge in [0.2, 0.25) is 5.13 Å². The number of anilines is 1. The van der Waals surface area contributed by atoms with Gasteiger partial charge in [-0.25, -0.2) is 4.79 Å². The van der Waals surface area contributed by atoms with Crippen LogP contribution in [0.4, 0.5) is 10.8 Å². The zero-order valence-electron chi connectivity index (χ0n) is 14.3. The van der Waals surface area contributed by atoms with Gasteiger partial charge >= 0.3 is 5.97 Å². The number of carbonyl (C=O) groups is 2. The Labute approximate surface area is 170 Å². The Balaban J connectivity index is 1.73. The number of thiophene rings is 1. The summed E-state index contributed by atoms with van der Waals surface area (Å²) in [5, 5.41) is 23.8. The van der Waals surface area contributed by atoms with Gasteiger partial charge in [0.05, 0.1) is 17.6 Å². The molecule has 2 heterocycles. The lowest BCUT2D eigenvalue weighted by Crippen LogP contribution is -2.14. The molecule has 1 amide bonds. The number of methoxy groups -OCH3 is 1. The molecule has 0 spiro atoms. The average Bonchev–Trinajstić information content (AvgIpc) is 3.37. The second-order valence-corrected chi connectivity index (χ2v) is 8.44. The van der Waals surface area contributed by atoms with Crippen molar-refractivity contribution in [1.82, 2.24) is 10.2 Å². The van der Waals surface area contributed by atoms with Crippen LogP contribution >= 0.6 is 34.4 Å². The van der Waals surface area contributed by atoms with E-state index in [9.17, 15) is 19.7 Å². The van der Waals surface area contributed by atoms with Crippen LogP contribution in [0.3, 0.4) is 0 Å². The van der Waals surface area contributed by atoms with Crippen LogP contribution in [0.15, 0.2) is 40.1 Å². The van der Waals surface area contributed by atoms with E-state index in [-0.39, 0.29) is 16.3 Å². The maximum absolute atomic E-state index is 12.5. The third-order valence-electron chi connectivity index (χ3n) is 3.36. The monoisotopic (exact) mass is 436 g/mol. The van der Waals surface area contributed by atoms with Crippen LogP contribution in [0.25, 0.3) is 0 Å². The summed E-state index contributed by atoms with van der Waals surface area (Å²) in [6, 6.07) is 7.33. The molecule has 0 aliphatic heterocycles. The molecule has 0 fully saturated rings. The molecule has 0 bridgehead atoms. The van der Waals surface area contributed by atoms with Crippen LogP contribution in [0.2, 0.25) is 0 Å². The highest BCUT2D eigenvalue weighted by Crippen LogP contribution is 2.30. The number of benzene rings is 1. The maximum atomic E-state index is 12.5. The third-order valence-corrected chi connectivity index (χ3v) is 6.44. The zero-order valence-corrected chi connectivity index (χ0v) is 16.7. The molecule has 9 nitrogen and oxygen atoms in total. The smallest absolute Gasteiger partial charge is 0.338 e. The number of nitro groups is 1. The second kappa shape index (κ2) is 8.91. The lowest BCUT2D eigenvalue weighted by molar-refractivity contribution is -0.384. The van der Waals surface area contributed by atoms with Crippen LogP contribution in [-0.2, 0) is 10.5 Å². The number of thioether (sulfide) groups is 1. The molecule has 3 aromatic rings. The summed E-state index contributed by atoms with van der Waals surface area (Å²) in [5.74, 6) is -0.672. The topological polar surface area (TPSA) is 124 Å². The molecule has 0 atom stereocenters. The Morgan fingerprint density at radius 2 is 2.07 bits per heavy atom. The van der Waals surface area contributed by atoms with Crippen molar-refractivity contribution in [2.75, 3.05) is 12.4 Å². The van der Waals surface area contributed by atoms with Crippen LogP contribution in [0, 0.1) is 10.1 Å². The van der Waals surface area contributed by atoms with Gasteiger partial charge in [-0.2, -0.15) is 0 Å². The number of nitrogens with zero attached hydrogens (tertiary/aromatic N) is 3. The van der Waals surface area contributed by atoms with Gasteiger partial charge in [-0.1, -0.05) is 29.2 Å². The van der Waals surface area contributed by atoms with Gasteiger partial charge in [0, 0.05) is 28.3 Å². The molecule has 12 heteroatoms. The first-order valence-electron chi connectivity index (χ1n) is 7.64. The van der Waals surface area contributed by atoms with Crippen molar-refractivity contribution in [3.63, 3.8) is 0 Å². The van der Waals surface area contributed by atoms with Crippen LogP contribution in [0.1, 0.15) is 25.6 Å². The third kappa shape index (κ3) is 4.91. The van der Waals surface area contributed by atoms with E-state index in [4.69, 9.17) is 0 Å². The van der Waals surface area contributed by atoms with Gasteiger partial charge in [0.25, 0.3) is 11.6 Å². The van der Waals surface area contributed by atoms with Gasteiger partial charge in [-0.3, -0.25) is 20.2 Å². The number of non-ortho nitro benzene ring substituents is 1. The molecule has 0 saturated carbocycles. The van der Waals surface area contributed by atoms with Gasteiger partial charge in [-0.15, -0.1) is 21.5 Å².